The van der Waals surface area contributed by atoms with Gasteiger partial charge in [-0.3, -0.25) is 24.0 Å². The van der Waals surface area contributed by atoms with Crippen molar-refractivity contribution in [2.24, 2.45) is 40.9 Å². The molecule has 1 aromatic carbocycles. The molecule has 274 valence electrons. The van der Waals surface area contributed by atoms with Crippen molar-refractivity contribution in [2.75, 3.05) is 0 Å². The number of hydrogen-bond acceptors (Lipinski definition) is 11. The van der Waals surface area contributed by atoms with Gasteiger partial charge < -0.3 is 23.7 Å². The van der Waals surface area contributed by atoms with Gasteiger partial charge in [-0.25, -0.2) is 4.79 Å². The first-order valence-corrected chi connectivity index (χ1v) is 17.2. The number of benzene rings is 1. The Morgan fingerprint density at radius 2 is 1.34 bits per heavy atom. The molecule has 3 rings (SSSR count). The zero-order valence-electron chi connectivity index (χ0n) is 30.8. The number of ketones is 1. The lowest BCUT2D eigenvalue weighted by molar-refractivity contribution is -0.184. The number of carbonyl (C=O) groups excluding carboxylic acids is 6. The van der Waals surface area contributed by atoms with Crippen molar-refractivity contribution in [1.82, 2.24) is 0 Å². The zero-order valence-corrected chi connectivity index (χ0v) is 30.8. The van der Waals surface area contributed by atoms with Crippen LogP contribution in [0.1, 0.15) is 86.0 Å². The summed E-state index contributed by atoms with van der Waals surface area (Å²) in [5, 5.41) is 0. The molecular formula is C39H52O11. The van der Waals surface area contributed by atoms with E-state index in [2.05, 4.69) is 6.58 Å². The molecule has 0 aromatic heterocycles. The summed E-state index contributed by atoms with van der Waals surface area (Å²) >= 11 is 0. The molecule has 2 aliphatic carbocycles. The first kappa shape index (κ1) is 40.2. The normalized spacial score (nSPS) is 30.3. The fourth-order valence-electron chi connectivity index (χ4n) is 6.60. The molecule has 4 unspecified atom stereocenters. The lowest BCUT2D eigenvalue weighted by atomic mass is 9.74. The molecule has 0 N–H and O–H groups in total. The molecule has 50 heavy (non-hydrogen) atoms. The van der Waals surface area contributed by atoms with Gasteiger partial charge in [0.05, 0.1) is 17.4 Å². The van der Waals surface area contributed by atoms with E-state index in [9.17, 15) is 28.8 Å². The number of carbonyl (C=O) groups is 6. The molecule has 0 heterocycles. The number of rotatable bonds is 8. The minimum atomic E-state index is -1.58. The quantitative estimate of drug-likeness (QED) is 0.183. The van der Waals surface area contributed by atoms with Crippen LogP contribution in [0.15, 0.2) is 54.6 Å². The van der Waals surface area contributed by atoms with Crippen molar-refractivity contribution < 1.29 is 52.5 Å². The number of fused-ring (bicyclic) bond motifs is 1. The maximum absolute atomic E-state index is 14.3. The third-order valence-electron chi connectivity index (χ3n) is 9.35. The second-order valence-electron chi connectivity index (χ2n) is 14.7. The Bertz CT molecular complexity index is 1470. The summed E-state index contributed by atoms with van der Waals surface area (Å²) in [5.74, 6) is -7.52. The number of hydrogen-bond donors (Lipinski definition) is 0. The van der Waals surface area contributed by atoms with Crippen molar-refractivity contribution in [3.63, 3.8) is 0 Å². The maximum atomic E-state index is 14.3. The largest absolute Gasteiger partial charge is 0.461 e. The van der Waals surface area contributed by atoms with Crippen LogP contribution in [0, 0.1) is 40.9 Å². The van der Waals surface area contributed by atoms with E-state index in [0.717, 1.165) is 6.92 Å². The summed E-state index contributed by atoms with van der Waals surface area (Å²) in [7, 11) is 0. The molecule has 1 aromatic rings. The smallest absolute Gasteiger partial charge is 0.338 e. The van der Waals surface area contributed by atoms with Crippen LogP contribution in [0.3, 0.4) is 0 Å². The second-order valence-corrected chi connectivity index (χ2v) is 14.7. The van der Waals surface area contributed by atoms with E-state index in [1.807, 2.05) is 6.92 Å². The zero-order chi connectivity index (χ0) is 37.7. The predicted molar refractivity (Wildman–Crippen MR) is 183 cm³/mol. The van der Waals surface area contributed by atoms with Gasteiger partial charge in [-0.1, -0.05) is 92.3 Å². The minimum absolute atomic E-state index is 0.0396. The molecule has 0 spiro atoms. The number of ether oxygens (including phenoxy) is 5. The van der Waals surface area contributed by atoms with Gasteiger partial charge in [-0.15, -0.1) is 0 Å². The summed E-state index contributed by atoms with van der Waals surface area (Å²) in [6, 6.07) is 8.07. The molecule has 11 nitrogen and oxygen atoms in total. The third-order valence-corrected chi connectivity index (χ3v) is 9.35. The van der Waals surface area contributed by atoms with Crippen LogP contribution in [0.2, 0.25) is 0 Å². The molecule has 0 amide bonds. The van der Waals surface area contributed by atoms with E-state index in [1.54, 1.807) is 78.8 Å². The topological polar surface area (TPSA) is 149 Å². The number of Topliss-reactive ketones (excluding diaryl/α,β-unsaturated/α-hetero) is 1. The van der Waals surface area contributed by atoms with Crippen LogP contribution in [0.4, 0.5) is 0 Å². The van der Waals surface area contributed by atoms with Crippen molar-refractivity contribution >= 4 is 35.6 Å². The van der Waals surface area contributed by atoms with Crippen LogP contribution < -0.4 is 0 Å². The van der Waals surface area contributed by atoms with Crippen LogP contribution in [-0.4, -0.2) is 66.1 Å². The fourth-order valence-corrected chi connectivity index (χ4v) is 6.60. The maximum Gasteiger partial charge on any atom is 0.338 e. The highest BCUT2D eigenvalue weighted by Gasteiger charge is 2.56. The highest BCUT2D eigenvalue weighted by Crippen LogP contribution is 2.47. The van der Waals surface area contributed by atoms with Gasteiger partial charge in [0.25, 0.3) is 0 Å². The fraction of sp³-hybridized carbons (Fsp3) is 0.590. The molecule has 0 radical (unpaired) electrons. The first-order chi connectivity index (χ1) is 23.3. The van der Waals surface area contributed by atoms with Gasteiger partial charge in [0, 0.05) is 42.6 Å². The number of allylic oxidation sites excluding steroid dienone is 1. The Morgan fingerprint density at radius 1 is 0.780 bits per heavy atom. The van der Waals surface area contributed by atoms with Crippen molar-refractivity contribution in [3.05, 3.63) is 60.2 Å². The summed E-state index contributed by atoms with van der Waals surface area (Å²) < 4.78 is 30.1. The summed E-state index contributed by atoms with van der Waals surface area (Å²) in [6.45, 7) is 20.4. The van der Waals surface area contributed by atoms with E-state index in [0.29, 0.717) is 6.42 Å². The molecule has 1 fully saturated rings. The van der Waals surface area contributed by atoms with E-state index in [4.69, 9.17) is 23.7 Å². The van der Waals surface area contributed by atoms with Crippen LogP contribution in [-0.2, 0) is 47.7 Å². The van der Waals surface area contributed by atoms with Crippen molar-refractivity contribution in [3.8, 4) is 0 Å². The SMILES string of the molecule is C=C1C(OC(=O)C(C)C)C2C(C[C@@H](C)[C@H]2OC(=O)C(C)C)C(=O)[C@H](C)/C=C\C(C)(C)C(OC(C)=O)[C@@H](OC(C)=O)[C@@H]1OC(=O)c1ccccc1. The highest BCUT2D eigenvalue weighted by molar-refractivity contribution is 5.89. The third kappa shape index (κ3) is 9.48. The Balaban J connectivity index is 2.42. The number of esters is 5. The molecule has 2 aliphatic rings. The molecule has 0 saturated heterocycles. The van der Waals surface area contributed by atoms with E-state index < -0.39 is 95.4 Å². The monoisotopic (exact) mass is 696 g/mol. The molecule has 0 bridgehead atoms. The van der Waals surface area contributed by atoms with Gasteiger partial charge in [-0.05, 0) is 24.5 Å². The Morgan fingerprint density at radius 3 is 1.88 bits per heavy atom. The van der Waals surface area contributed by atoms with Crippen LogP contribution in [0.25, 0.3) is 0 Å². The van der Waals surface area contributed by atoms with Crippen molar-refractivity contribution in [2.45, 2.75) is 106 Å². The summed E-state index contributed by atoms with van der Waals surface area (Å²) in [5.41, 5.74) is -0.992. The molecular weight excluding hydrogens is 644 g/mol. The second kappa shape index (κ2) is 16.6. The van der Waals surface area contributed by atoms with E-state index in [1.165, 1.54) is 19.1 Å². The Kier molecular flexibility index (Phi) is 13.3. The van der Waals surface area contributed by atoms with Gasteiger partial charge >= 0.3 is 29.8 Å². The van der Waals surface area contributed by atoms with Crippen LogP contribution in [0.5, 0.6) is 0 Å². The van der Waals surface area contributed by atoms with Crippen LogP contribution >= 0.6 is 0 Å². The van der Waals surface area contributed by atoms with Gasteiger partial charge in [0.15, 0.2) is 18.3 Å². The summed E-state index contributed by atoms with van der Waals surface area (Å²) in [6.07, 6.45) is -2.96. The van der Waals surface area contributed by atoms with Gasteiger partial charge in [0.2, 0.25) is 0 Å². The standard InChI is InChI=1S/C39H52O11/c1-20(2)36(43)48-31-23(6)19-28-29(31)32(49-37(44)21(3)4)24(7)33(50-38(45)27-15-13-12-14-16-27)34(46-25(8)40)35(47-26(9)41)39(10,11)18-17-22(5)30(28)42/h12-18,20-23,28-29,31-35H,7,19H2,1-6,8-11H3/b18-17-/t22-,23-,28?,29?,31-,32?,33-,34+,35?/m1/s1. The van der Waals surface area contributed by atoms with Crippen molar-refractivity contribution in [1.29, 1.82) is 0 Å². The molecule has 1 saturated carbocycles. The Labute approximate surface area is 295 Å². The average Bonchev–Trinajstić information content (AvgIpc) is 3.36. The predicted octanol–water partition coefficient (Wildman–Crippen LogP) is 5.84. The summed E-state index contributed by atoms with van der Waals surface area (Å²) in [4.78, 5) is 80.2. The first-order valence-electron chi connectivity index (χ1n) is 17.2. The highest BCUT2D eigenvalue weighted by atomic mass is 16.6. The van der Waals surface area contributed by atoms with Gasteiger partial charge in [-0.2, -0.15) is 0 Å². The minimum Gasteiger partial charge on any atom is -0.461 e. The Hall–Kier alpha value is -4.28. The van der Waals surface area contributed by atoms with E-state index >= 15 is 0 Å². The van der Waals surface area contributed by atoms with Gasteiger partial charge in [0.1, 0.15) is 18.0 Å². The molecule has 0 aliphatic heterocycles. The molecule has 9 atom stereocenters. The lowest BCUT2D eigenvalue weighted by Gasteiger charge is -2.42. The molecule has 11 heteroatoms. The lowest BCUT2D eigenvalue weighted by Crippen LogP contribution is -2.54. The average molecular weight is 697 g/mol. The van der Waals surface area contributed by atoms with E-state index in [-0.39, 0.29) is 22.8 Å².